The van der Waals surface area contributed by atoms with Crippen molar-refractivity contribution in [3.63, 3.8) is 0 Å². The van der Waals surface area contributed by atoms with Crippen molar-refractivity contribution in [1.82, 2.24) is 4.72 Å². The van der Waals surface area contributed by atoms with Gasteiger partial charge in [0.1, 0.15) is 0 Å². The SMILES string of the molecule is O=C(CNS(=O)(=O)Cc1ccccc1)Nc1ccc2c(c1)Cc1ccccc1-2. The molecule has 28 heavy (non-hydrogen) atoms. The van der Waals surface area contributed by atoms with Gasteiger partial charge in [0.05, 0.1) is 12.3 Å². The zero-order chi connectivity index (χ0) is 19.6. The fourth-order valence-electron chi connectivity index (χ4n) is 3.45. The van der Waals surface area contributed by atoms with Gasteiger partial charge in [-0.25, -0.2) is 13.1 Å². The lowest BCUT2D eigenvalue weighted by Gasteiger charge is -2.09. The molecule has 0 aromatic heterocycles. The highest BCUT2D eigenvalue weighted by Gasteiger charge is 2.18. The molecule has 0 aliphatic heterocycles. The van der Waals surface area contributed by atoms with Crippen molar-refractivity contribution >= 4 is 21.6 Å². The van der Waals surface area contributed by atoms with Gasteiger partial charge in [-0.15, -0.1) is 0 Å². The van der Waals surface area contributed by atoms with Crippen molar-refractivity contribution < 1.29 is 13.2 Å². The Morgan fingerprint density at radius 1 is 0.857 bits per heavy atom. The number of anilines is 1. The van der Waals surface area contributed by atoms with Crippen LogP contribution in [0.25, 0.3) is 11.1 Å². The average Bonchev–Trinajstić information content (AvgIpc) is 3.05. The van der Waals surface area contributed by atoms with Gasteiger partial charge >= 0.3 is 0 Å². The number of carbonyl (C=O) groups is 1. The molecule has 3 aromatic carbocycles. The van der Waals surface area contributed by atoms with Crippen LogP contribution in [0.5, 0.6) is 0 Å². The van der Waals surface area contributed by atoms with Crippen molar-refractivity contribution in [2.45, 2.75) is 12.2 Å². The minimum atomic E-state index is -3.58. The highest BCUT2D eigenvalue weighted by atomic mass is 32.2. The van der Waals surface area contributed by atoms with Gasteiger partial charge < -0.3 is 5.32 Å². The predicted octanol–water partition coefficient (Wildman–Crippen LogP) is 3.32. The van der Waals surface area contributed by atoms with Gasteiger partial charge in [0, 0.05) is 5.69 Å². The molecule has 0 unspecified atom stereocenters. The molecule has 0 heterocycles. The Kier molecular flexibility index (Phi) is 4.98. The molecule has 6 heteroatoms. The van der Waals surface area contributed by atoms with E-state index in [1.54, 1.807) is 24.3 Å². The summed E-state index contributed by atoms with van der Waals surface area (Å²) in [5, 5.41) is 2.77. The van der Waals surface area contributed by atoms with Crippen molar-refractivity contribution in [2.75, 3.05) is 11.9 Å². The third-order valence-electron chi connectivity index (χ3n) is 4.73. The highest BCUT2D eigenvalue weighted by Crippen LogP contribution is 2.37. The summed E-state index contributed by atoms with van der Waals surface area (Å²) in [6.45, 7) is -0.299. The van der Waals surface area contributed by atoms with Gasteiger partial charge in [-0.1, -0.05) is 60.7 Å². The maximum absolute atomic E-state index is 12.2. The summed E-state index contributed by atoms with van der Waals surface area (Å²) in [5.74, 6) is -0.551. The first kappa shape index (κ1) is 18.4. The van der Waals surface area contributed by atoms with E-state index >= 15 is 0 Å². The molecule has 3 aromatic rings. The third-order valence-corrected chi connectivity index (χ3v) is 6.03. The van der Waals surface area contributed by atoms with Gasteiger partial charge in [-0.2, -0.15) is 0 Å². The second-order valence-electron chi connectivity index (χ2n) is 6.82. The molecule has 0 atom stereocenters. The van der Waals surface area contributed by atoms with Crippen LogP contribution >= 0.6 is 0 Å². The summed E-state index contributed by atoms with van der Waals surface area (Å²) in [5.41, 5.74) is 6.17. The van der Waals surface area contributed by atoms with Gasteiger partial charge in [0.25, 0.3) is 0 Å². The molecule has 0 fully saturated rings. The third kappa shape index (κ3) is 4.13. The predicted molar refractivity (Wildman–Crippen MR) is 110 cm³/mol. The number of amides is 1. The lowest BCUT2D eigenvalue weighted by molar-refractivity contribution is -0.115. The molecule has 0 spiro atoms. The normalized spacial score (nSPS) is 12.3. The molecule has 0 saturated carbocycles. The quantitative estimate of drug-likeness (QED) is 0.529. The zero-order valence-corrected chi connectivity index (χ0v) is 16.0. The number of nitrogens with one attached hydrogen (secondary N) is 2. The summed E-state index contributed by atoms with van der Waals surface area (Å²) >= 11 is 0. The van der Waals surface area contributed by atoms with E-state index in [0.29, 0.717) is 11.3 Å². The Balaban J connectivity index is 1.36. The van der Waals surface area contributed by atoms with Gasteiger partial charge in [0.15, 0.2) is 0 Å². The first-order valence-electron chi connectivity index (χ1n) is 9.02. The van der Waals surface area contributed by atoms with E-state index in [1.165, 1.54) is 16.7 Å². The number of hydrogen-bond acceptors (Lipinski definition) is 3. The first-order chi connectivity index (χ1) is 13.5. The molecule has 1 amide bonds. The maximum atomic E-state index is 12.2. The van der Waals surface area contributed by atoms with E-state index in [1.807, 2.05) is 36.4 Å². The minimum absolute atomic E-state index is 0.155. The number of benzene rings is 3. The molecule has 4 rings (SSSR count). The number of hydrogen-bond donors (Lipinski definition) is 2. The topological polar surface area (TPSA) is 75.3 Å². The lowest BCUT2D eigenvalue weighted by Crippen LogP contribution is -2.33. The zero-order valence-electron chi connectivity index (χ0n) is 15.2. The van der Waals surface area contributed by atoms with Crippen LogP contribution in [0.2, 0.25) is 0 Å². The lowest BCUT2D eigenvalue weighted by atomic mass is 10.1. The monoisotopic (exact) mass is 392 g/mol. The van der Waals surface area contributed by atoms with Gasteiger partial charge in [0.2, 0.25) is 15.9 Å². The highest BCUT2D eigenvalue weighted by molar-refractivity contribution is 7.88. The molecular weight excluding hydrogens is 372 g/mol. The van der Waals surface area contributed by atoms with E-state index in [0.717, 1.165) is 12.0 Å². The molecule has 1 aliphatic carbocycles. The van der Waals surface area contributed by atoms with Crippen molar-refractivity contribution in [3.05, 3.63) is 89.5 Å². The number of fused-ring (bicyclic) bond motifs is 3. The van der Waals surface area contributed by atoms with Gasteiger partial charge in [-0.3, -0.25) is 4.79 Å². The van der Waals surface area contributed by atoms with Crippen LogP contribution in [0.1, 0.15) is 16.7 Å². The van der Waals surface area contributed by atoms with Crippen LogP contribution in [0, 0.1) is 0 Å². The molecule has 0 radical (unpaired) electrons. The van der Waals surface area contributed by atoms with Crippen LogP contribution in [0.15, 0.2) is 72.8 Å². The molecule has 5 nitrogen and oxygen atoms in total. The molecule has 142 valence electrons. The molecule has 0 saturated heterocycles. The van der Waals surface area contributed by atoms with E-state index in [4.69, 9.17) is 0 Å². The van der Waals surface area contributed by atoms with Crippen LogP contribution in [0.4, 0.5) is 5.69 Å². The Morgan fingerprint density at radius 3 is 2.39 bits per heavy atom. The van der Waals surface area contributed by atoms with E-state index < -0.39 is 15.9 Å². The number of rotatable bonds is 6. The van der Waals surface area contributed by atoms with Crippen molar-refractivity contribution in [2.24, 2.45) is 0 Å². The minimum Gasteiger partial charge on any atom is -0.325 e. The molecule has 0 bridgehead atoms. The van der Waals surface area contributed by atoms with E-state index in [2.05, 4.69) is 22.2 Å². The summed E-state index contributed by atoms with van der Waals surface area (Å²) in [6, 6.07) is 22.9. The number of sulfonamides is 1. The Labute approximate surface area is 164 Å². The number of carbonyl (C=O) groups excluding carboxylic acids is 1. The Bertz CT molecular complexity index is 1130. The molecular formula is C22H20N2O3S. The summed E-state index contributed by atoms with van der Waals surface area (Å²) < 4.78 is 26.6. The maximum Gasteiger partial charge on any atom is 0.239 e. The first-order valence-corrected chi connectivity index (χ1v) is 10.7. The van der Waals surface area contributed by atoms with Gasteiger partial charge in [-0.05, 0) is 46.4 Å². The standard InChI is InChI=1S/C22H20N2O3S/c25-22(14-23-28(26,27)15-16-6-2-1-3-7-16)24-19-10-11-21-18(13-19)12-17-8-4-5-9-20(17)21/h1-11,13,23H,12,14-15H2,(H,24,25). The molecule has 1 aliphatic rings. The smallest absolute Gasteiger partial charge is 0.239 e. The second-order valence-corrected chi connectivity index (χ2v) is 8.63. The van der Waals surface area contributed by atoms with E-state index in [-0.39, 0.29) is 12.3 Å². The van der Waals surface area contributed by atoms with Crippen LogP contribution in [0.3, 0.4) is 0 Å². The Morgan fingerprint density at radius 2 is 1.57 bits per heavy atom. The second kappa shape index (κ2) is 7.58. The summed E-state index contributed by atoms with van der Waals surface area (Å²) in [7, 11) is -3.58. The Hall–Kier alpha value is -2.96. The summed E-state index contributed by atoms with van der Waals surface area (Å²) in [6.07, 6.45) is 0.832. The largest absolute Gasteiger partial charge is 0.325 e. The van der Waals surface area contributed by atoms with Crippen molar-refractivity contribution in [3.8, 4) is 11.1 Å². The van der Waals surface area contributed by atoms with Crippen LogP contribution in [-0.4, -0.2) is 20.9 Å². The van der Waals surface area contributed by atoms with Crippen LogP contribution in [-0.2, 0) is 27.0 Å². The fourth-order valence-corrected chi connectivity index (χ4v) is 4.53. The average molecular weight is 392 g/mol. The van der Waals surface area contributed by atoms with E-state index in [9.17, 15) is 13.2 Å². The van der Waals surface area contributed by atoms with Crippen molar-refractivity contribution in [1.29, 1.82) is 0 Å². The summed E-state index contributed by atoms with van der Waals surface area (Å²) in [4.78, 5) is 12.2. The van der Waals surface area contributed by atoms with Crippen LogP contribution < -0.4 is 10.0 Å². The molecule has 2 N–H and O–H groups in total. The fraction of sp³-hybridized carbons (Fsp3) is 0.136.